The van der Waals surface area contributed by atoms with Crippen LogP contribution in [0.1, 0.15) is 30.6 Å². The first-order valence-corrected chi connectivity index (χ1v) is 6.67. The summed E-state index contributed by atoms with van der Waals surface area (Å²) in [6.07, 6.45) is 1.20. The molecule has 0 radical (unpaired) electrons. The largest absolute Gasteiger partial charge is 0.497 e. The molecule has 0 aromatic heterocycles. The first-order chi connectivity index (χ1) is 9.01. The van der Waals surface area contributed by atoms with Crippen LogP contribution in [0.5, 0.6) is 5.75 Å². The van der Waals surface area contributed by atoms with Gasteiger partial charge in [-0.15, -0.1) is 0 Å². The van der Waals surface area contributed by atoms with E-state index in [4.69, 9.17) is 4.74 Å². The molecule has 2 atom stereocenters. The number of carbonyl (C=O) groups is 1. The van der Waals surface area contributed by atoms with Crippen molar-refractivity contribution in [1.29, 1.82) is 0 Å². The number of anilines is 1. The predicted octanol–water partition coefficient (Wildman–Crippen LogP) is 2.88. The first kappa shape index (κ1) is 13.7. The molecule has 0 amide bonds. The summed E-state index contributed by atoms with van der Waals surface area (Å²) in [6, 6.07) is 5.15. The molecule has 0 aliphatic carbocycles. The fraction of sp³-hybridized carbons (Fsp3) is 0.533. The summed E-state index contributed by atoms with van der Waals surface area (Å²) < 4.78 is 5.21. The van der Waals surface area contributed by atoms with Crippen molar-refractivity contribution in [1.82, 2.24) is 0 Å². The molecule has 1 heterocycles. The van der Waals surface area contributed by atoms with Gasteiger partial charge in [-0.05, 0) is 30.4 Å². The molecule has 1 aliphatic rings. The summed E-state index contributed by atoms with van der Waals surface area (Å²) in [5.41, 5.74) is 1.12. The SMILES string of the molecule is COc1ccc(C(=O)O)c(N2CC(C)CC(C)C2)c1. The smallest absolute Gasteiger partial charge is 0.337 e. The molecule has 1 aromatic rings. The van der Waals surface area contributed by atoms with Gasteiger partial charge >= 0.3 is 5.97 Å². The van der Waals surface area contributed by atoms with Crippen LogP contribution in [0.2, 0.25) is 0 Å². The van der Waals surface area contributed by atoms with E-state index in [0.717, 1.165) is 18.8 Å². The molecule has 1 N–H and O–H groups in total. The lowest BCUT2D eigenvalue weighted by Crippen LogP contribution is -2.39. The highest BCUT2D eigenvalue weighted by atomic mass is 16.5. The van der Waals surface area contributed by atoms with E-state index in [1.54, 1.807) is 19.2 Å². The summed E-state index contributed by atoms with van der Waals surface area (Å²) in [4.78, 5) is 13.5. The highest BCUT2D eigenvalue weighted by molar-refractivity contribution is 5.94. The van der Waals surface area contributed by atoms with E-state index in [1.165, 1.54) is 6.42 Å². The minimum absolute atomic E-state index is 0.349. The van der Waals surface area contributed by atoms with Gasteiger partial charge in [-0.3, -0.25) is 0 Å². The van der Waals surface area contributed by atoms with Crippen molar-refractivity contribution in [3.63, 3.8) is 0 Å². The van der Waals surface area contributed by atoms with Gasteiger partial charge in [-0.25, -0.2) is 4.79 Å². The number of ether oxygens (including phenoxy) is 1. The fourth-order valence-corrected chi connectivity index (χ4v) is 2.94. The highest BCUT2D eigenvalue weighted by Gasteiger charge is 2.25. The molecular weight excluding hydrogens is 242 g/mol. The standard InChI is InChI=1S/C15H21NO3/c1-10-6-11(2)9-16(8-10)14-7-12(19-3)4-5-13(14)15(17)18/h4-5,7,10-11H,6,8-9H2,1-3H3,(H,17,18). The Kier molecular flexibility index (Phi) is 3.98. The molecular formula is C15H21NO3. The van der Waals surface area contributed by atoms with Crippen molar-refractivity contribution in [2.75, 3.05) is 25.1 Å². The minimum Gasteiger partial charge on any atom is -0.497 e. The van der Waals surface area contributed by atoms with Crippen molar-refractivity contribution in [3.05, 3.63) is 23.8 Å². The van der Waals surface area contributed by atoms with Crippen LogP contribution in [0.4, 0.5) is 5.69 Å². The number of hydrogen-bond donors (Lipinski definition) is 1. The van der Waals surface area contributed by atoms with E-state index in [2.05, 4.69) is 18.7 Å². The number of piperidine rings is 1. The van der Waals surface area contributed by atoms with Crippen LogP contribution < -0.4 is 9.64 Å². The minimum atomic E-state index is -0.886. The third kappa shape index (κ3) is 3.00. The fourth-order valence-electron chi connectivity index (χ4n) is 2.94. The topological polar surface area (TPSA) is 49.8 Å². The Morgan fingerprint density at radius 1 is 1.32 bits per heavy atom. The molecule has 1 fully saturated rings. The van der Waals surface area contributed by atoms with Gasteiger partial charge in [0.1, 0.15) is 5.75 Å². The van der Waals surface area contributed by atoms with Crippen LogP contribution in [0.15, 0.2) is 18.2 Å². The lowest BCUT2D eigenvalue weighted by Gasteiger charge is -2.37. The van der Waals surface area contributed by atoms with E-state index in [9.17, 15) is 9.90 Å². The van der Waals surface area contributed by atoms with Crippen LogP contribution in [0.3, 0.4) is 0 Å². The Balaban J connectivity index is 2.38. The maximum atomic E-state index is 11.4. The number of carboxylic acid groups (broad SMARTS) is 1. The monoisotopic (exact) mass is 263 g/mol. The van der Waals surface area contributed by atoms with Crippen molar-refractivity contribution >= 4 is 11.7 Å². The molecule has 4 nitrogen and oxygen atoms in total. The first-order valence-electron chi connectivity index (χ1n) is 6.67. The molecule has 0 bridgehead atoms. The Morgan fingerprint density at radius 2 is 1.95 bits per heavy atom. The summed E-state index contributed by atoms with van der Waals surface area (Å²) >= 11 is 0. The Bertz CT molecular complexity index is 462. The Hall–Kier alpha value is -1.71. The molecule has 2 unspecified atom stereocenters. The van der Waals surface area contributed by atoms with Crippen LogP contribution in [0.25, 0.3) is 0 Å². The predicted molar refractivity (Wildman–Crippen MR) is 75.1 cm³/mol. The lowest BCUT2D eigenvalue weighted by molar-refractivity contribution is 0.0697. The molecule has 2 rings (SSSR count). The van der Waals surface area contributed by atoms with E-state index >= 15 is 0 Å². The van der Waals surface area contributed by atoms with Gasteiger partial charge in [0.2, 0.25) is 0 Å². The number of methoxy groups -OCH3 is 1. The quantitative estimate of drug-likeness (QED) is 0.911. The molecule has 104 valence electrons. The summed E-state index contributed by atoms with van der Waals surface area (Å²) in [5, 5.41) is 9.32. The van der Waals surface area contributed by atoms with Crippen molar-refractivity contribution < 1.29 is 14.6 Å². The van der Waals surface area contributed by atoms with Gasteiger partial charge in [0.15, 0.2) is 0 Å². The van der Waals surface area contributed by atoms with Gasteiger partial charge in [-0.1, -0.05) is 13.8 Å². The van der Waals surface area contributed by atoms with Crippen LogP contribution in [0, 0.1) is 11.8 Å². The number of benzene rings is 1. The molecule has 4 heteroatoms. The summed E-state index contributed by atoms with van der Waals surface area (Å²) in [6.45, 7) is 6.22. The second-order valence-electron chi connectivity index (χ2n) is 5.54. The van der Waals surface area contributed by atoms with Crippen molar-refractivity contribution in [3.8, 4) is 5.75 Å². The number of carboxylic acids is 1. The zero-order chi connectivity index (χ0) is 14.0. The average Bonchev–Trinajstić information content (AvgIpc) is 2.36. The number of aromatic carboxylic acids is 1. The average molecular weight is 263 g/mol. The Labute approximate surface area is 114 Å². The molecule has 1 saturated heterocycles. The summed E-state index contributed by atoms with van der Waals surface area (Å²) in [7, 11) is 1.60. The molecule has 0 saturated carbocycles. The molecule has 0 spiro atoms. The van der Waals surface area contributed by atoms with E-state index in [1.807, 2.05) is 6.07 Å². The van der Waals surface area contributed by atoms with E-state index in [-0.39, 0.29) is 0 Å². The van der Waals surface area contributed by atoms with Gasteiger partial charge in [-0.2, -0.15) is 0 Å². The van der Waals surface area contributed by atoms with E-state index < -0.39 is 5.97 Å². The number of hydrogen-bond acceptors (Lipinski definition) is 3. The van der Waals surface area contributed by atoms with Gasteiger partial charge in [0, 0.05) is 19.2 Å². The van der Waals surface area contributed by atoms with E-state index in [0.29, 0.717) is 23.1 Å². The van der Waals surface area contributed by atoms with Crippen molar-refractivity contribution in [2.45, 2.75) is 20.3 Å². The maximum Gasteiger partial charge on any atom is 0.337 e. The van der Waals surface area contributed by atoms with Crippen molar-refractivity contribution in [2.24, 2.45) is 11.8 Å². The van der Waals surface area contributed by atoms with Crippen LogP contribution in [-0.2, 0) is 0 Å². The van der Waals surface area contributed by atoms with Crippen LogP contribution >= 0.6 is 0 Å². The third-order valence-corrected chi connectivity index (χ3v) is 3.64. The van der Waals surface area contributed by atoms with Gasteiger partial charge < -0.3 is 14.7 Å². The second-order valence-corrected chi connectivity index (χ2v) is 5.54. The lowest BCUT2D eigenvalue weighted by atomic mass is 9.91. The summed E-state index contributed by atoms with van der Waals surface area (Å²) in [5.74, 6) is 0.975. The van der Waals surface area contributed by atoms with Gasteiger partial charge in [0.05, 0.1) is 18.4 Å². The zero-order valence-corrected chi connectivity index (χ0v) is 11.7. The molecule has 1 aliphatic heterocycles. The van der Waals surface area contributed by atoms with Crippen LogP contribution in [-0.4, -0.2) is 31.3 Å². The molecule has 19 heavy (non-hydrogen) atoms. The highest BCUT2D eigenvalue weighted by Crippen LogP contribution is 2.31. The maximum absolute atomic E-state index is 11.4. The third-order valence-electron chi connectivity index (χ3n) is 3.64. The normalized spacial score (nSPS) is 23.2. The van der Waals surface area contributed by atoms with Gasteiger partial charge in [0.25, 0.3) is 0 Å². The Morgan fingerprint density at radius 3 is 2.47 bits per heavy atom. The molecule has 1 aromatic carbocycles. The number of nitrogens with zero attached hydrogens (tertiary/aromatic N) is 1. The second kappa shape index (κ2) is 5.51. The number of rotatable bonds is 3. The zero-order valence-electron chi connectivity index (χ0n) is 11.7.